The topological polar surface area (TPSA) is 52.6 Å². The van der Waals surface area contributed by atoms with Crippen molar-refractivity contribution in [3.63, 3.8) is 0 Å². The van der Waals surface area contributed by atoms with Crippen molar-refractivity contribution in [2.24, 2.45) is 11.8 Å². The lowest BCUT2D eigenvalue weighted by atomic mass is 9.66. The molecule has 0 saturated heterocycles. The molecule has 2 aliphatic rings. The molecule has 4 heteroatoms. The Bertz CT molecular complexity index is 395. The maximum atomic E-state index is 12.2. The van der Waals surface area contributed by atoms with Gasteiger partial charge in [-0.15, -0.1) is 0 Å². The molecule has 4 atom stereocenters. The molecular formula is C19H32O4. The molecule has 0 amide bonds. The zero-order chi connectivity index (χ0) is 17.1. The van der Waals surface area contributed by atoms with Crippen LogP contribution in [0.4, 0.5) is 0 Å². The molecule has 0 aliphatic heterocycles. The van der Waals surface area contributed by atoms with E-state index in [-0.39, 0.29) is 17.6 Å². The minimum atomic E-state index is -0.423. The van der Waals surface area contributed by atoms with Gasteiger partial charge in [-0.2, -0.15) is 0 Å². The lowest BCUT2D eigenvalue weighted by molar-refractivity contribution is -0.195. The number of rotatable bonds is 8. The number of hydrogen-bond acceptors (Lipinski definition) is 4. The van der Waals surface area contributed by atoms with Crippen molar-refractivity contribution in [2.45, 2.75) is 96.7 Å². The molecule has 2 fully saturated rings. The second-order valence-corrected chi connectivity index (χ2v) is 7.25. The molecule has 0 aromatic heterocycles. The molecule has 0 N–H and O–H groups in total. The van der Waals surface area contributed by atoms with Crippen LogP contribution in [0.2, 0.25) is 0 Å². The van der Waals surface area contributed by atoms with Crippen LogP contribution in [0.15, 0.2) is 0 Å². The Hall–Kier alpha value is -1.06. The van der Waals surface area contributed by atoms with Gasteiger partial charge in [0.2, 0.25) is 0 Å². The summed E-state index contributed by atoms with van der Waals surface area (Å²) in [5.41, 5.74) is -0.673. The minimum absolute atomic E-state index is 0.254. The Balaban J connectivity index is 1.86. The monoisotopic (exact) mass is 324 g/mol. The fourth-order valence-electron chi connectivity index (χ4n) is 4.48. The van der Waals surface area contributed by atoms with Gasteiger partial charge < -0.3 is 9.47 Å². The summed E-state index contributed by atoms with van der Waals surface area (Å²) in [6, 6.07) is 0. The van der Waals surface area contributed by atoms with E-state index in [9.17, 15) is 9.59 Å². The molecule has 0 spiro atoms. The van der Waals surface area contributed by atoms with Crippen LogP contribution in [0.3, 0.4) is 0 Å². The van der Waals surface area contributed by atoms with Crippen molar-refractivity contribution in [1.82, 2.24) is 0 Å². The van der Waals surface area contributed by atoms with Crippen LogP contribution < -0.4 is 0 Å². The van der Waals surface area contributed by atoms with Crippen LogP contribution in [-0.2, 0) is 19.1 Å². The van der Waals surface area contributed by atoms with Gasteiger partial charge in [0.1, 0.15) is 17.6 Å². The third-order valence-corrected chi connectivity index (χ3v) is 6.43. The van der Waals surface area contributed by atoms with Crippen molar-refractivity contribution >= 4 is 11.9 Å². The van der Waals surface area contributed by atoms with Gasteiger partial charge in [-0.05, 0) is 63.2 Å². The molecule has 132 valence electrons. The third-order valence-electron chi connectivity index (χ3n) is 6.43. The Kier molecular flexibility index (Phi) is 5.74. The van der Waals surface area contributed by atoms with E-state index in [2.05, 4.69) is 27.7 Å². The highest BCUT2D eigenvalue weighted by molar-refractivity contribution is 5.91. The average Bonchev–Trinajstić information content (AvgIpc) is 2.48. The molecule has 2 rings (SSSR count). The number of esters is 2. The first-order valence-corrected chi connectivity index (χ1v) is 9.38. The summed E-state index contributed by atoms with van der Waals surface area (Å²) in [5, 5.41) is 0. The lowest BCUT2D eigenvalue weighted by Crippen LogP contribution is -2.51. The standard InChI is InChI=1S/C19H32O4/c1-5-14-9-11-18(14,7-3)22-16(20)13-17(21)23-19(8-4)12-10-15(19)6-2/h14-15H,5-13H2,1-4H3. The number of carbonyl (C=O) groups is 2. The number of hydrogen-bond donors (Lipinski definition) is 0. The maximum absolute atomic E-state index is 12.2. The Labute approximate surface area is 140 Å². The van der Waals surface area contributed by atoms with Gasteiger partial charge in [-0.1, -0.05) is 27.7 Å². The first kappa shape index (κ1) is 18.3. The van der Waals surface area contributed by atoms with E-state index in [1.807, 2.05) is 0 Å². The largest absolute Gasteiger partial charge is 0.458 e. The van der Waals surface area contributed by atoms with Gasteiger partial charge in [0, 0.05) is 0 Å². The predicted octanol–water partition coefficient (Wildman–Crippen LogP) is 4.40. The first-order valence-electron chi connectivity index (χ1n) is 9.38. The summed E-state index contributed by atoms with van der Waals surface area (Å²) in [4.78, 5) is 24.4. The van der Waals surface area contributed by atoms with Gasteiger partial charge in [-0.3, -0.25) is 9.59 Å². The highest BCUT2D eigenvalue weighted by atomic mass is 16.6. The molecule has 2 saturated carbocycles. The summed E-state index contributed by atoms with van der Waals surface area (Å²) in [6.07, 6.45) is 7.48. The number of carbonyl (C=O) groups excluding carboxylic acids is 2. The second-order valence-electron chi connectivity index (χ2n) is 7.25. The van der Waals surface area contributed by atoms with E-state index in [4.69, 9.17) is 9.47 Å². The van der Waals surface area contributed by atoms with Crippen LogP contribution in [0, 0.1) is 11.8 Å². The third kappa shape index (κ3) is 3.41. The summed E-state index contributed by atoms with van der Waals surface area (Å²) in [7, 11) is 0. The zero-order valence-electron chi connectivity index (χ0n) is 15.2. The smallest absolute Gasteiger partial charge is 0.317 e. The van der Waals surface area contributed by atoms with Crippen LogP contribution in [0.25, 0.3) is 0 Å². The fraction of sp³-hybridized carbons (Fsp3) is 0.895. The number of ether oxygens (including phenoxy) is 2. The Morgan fingerprint density at radius 3 is 1.43 bits per heavy atom. The van der Waals surface area contributed by atoms with E-state index >= 15 is 0 Å². The molecule has 0 bridgehead atoms. The highest BCUT2D eigenvalue weighted by Crippen LogP contribution is 2.47. The van der Waals surface area contributed by atoms with Crippen LogP contribution >= 0.6 is 0 Å². The van der Waals surface area contributed by atoms with Crippen molar-refractivity contribution in [3.05, 3.63) is 0 Å². The van der Waals surface area contributed by atoms with Crippen LogP contribution in [0.5, 0.6) is 0 Å². The summed E-state index contributed by atoms with van der Waals surface area (Å²) < 4.78 is 11.4. The summed E-state index contributed by atoms with van der Waals surface area (Å²) in [5.74, 6) is 0.0263. The highest BCUT2D eigenvalue weighted by Gasteiger charge is 2.49. The van der Waals surface area contributed by atoms with E-state index in [0.29, 0.717) is 11.8 Å². The molecule has 2 aliphatic carbocycles. The fourth-order valence-corrected chi connectivity index (χ4v) is 4.48. The van der Waals surface area contributed by atoms with E-state index in [1.54, 1.807) is 0 Å². The van der Waals surface area contributed by atoms with Crippen molar-refractivity contribution in [1.29, 1.82) is 0 Å². The molecule has 23 heavy (non-hydrogen) atoms. The average molecular weight is 324 g/mol. The normalized spacial score (nSPS) is 35.8. The van der Waals surface area contributed by atoms with Gasteiger partial charge in [-0.25, -0.2) is 0 Å². The summed E-state index contributed by atoms with van der Waals surface area (Å²) >= 11 is 0. The van der Waals surface area contributed by atoms with Crippen LogP contribution in [0.1, 0.15) is 85.5 Å². The van der Waals surface area contributed by atoms with E-state index in [0.717, 1.165) is 51.4 Å². The lowest BCUT2D eigenvalue weighted by Gasteiger charge is -2.49. The molecule has 0 heterocycles. The molecular weight excluding hydrogens is 292 g/mol. The molecule has 0 aromatic rings. The van der Waals surface area contributed by atoms with Gasteiger partial charge in [0.15, 0.2) is 0 Å². The molecule has 4 unspecified atom stereocenters. The SMILES string of the molecule is CCC1CCC1(CC)OC(=O)CC(=O)OC1(CC)CCC1CC. The minimum Gasteiger partial charge on any atom is -0.458 e. The van der Waals surface area contributed by atoms with E-state index in [1.165, 1.54) is 0 Å². The zero-order valence-corrected chi connectivity index (χ0v) is 15.2. The van der Waals surface area contributed by atoms with Gasteiger partial charge in [0.25, 0.3) is 0 Å². The molecule has 4 nitrogen and oxygen atoms in total. The Morgan fingerprint density at radius 1 is 0.826 bits per heavy atom. The van der Waals surface area contributed by atoms with Gasteiger partial charge >= 0.3 is 11.9 Å². The molecule has 0 radical (unpaired) electrons. The van der Waals surface area contributed by atoms with Crippen molar-refractivity contribution in [2.75, 3.05) is 0 Å². The van der Waals surface area contributed by atoms with E-state index < -0.39 is 11.9 Å². The predicted molar refractivity (Wildman–Crippen MR) is 88.9 cm³/mol. The van der Waals surface area contributed by atoms with Crippen molar-refractivity contribution in [3.8, 4) is 0 Å². The quantitative estimate of drug-likeness (QED) is 0.490. The van der Waals surface area contributed by atoms with Crippen LogP contribution in [-0.4, -0.2) is 23.1 Å². The molecule has 0 aromatic carbocycles. The first-order chi connectivity index (χ1) is 10.9. The Morgan fingerprint density at radius 2 is 1.22 bits per heavy atom. The summed E-state index contributed by atoms with van der Waals surface area (Å²) in [6.45, 7) is 8.37. The second kappa shape index (κ2) is 7.23. The maximum Gasteiger partial charge on any atom is 0.317 e. The van der Waals surface area contributed by atoms with Crippen molar-refractivity contribution < 1.29 is 19.1 Å². The van der Waals surface area contributed by atoms with Gasteiger partial charge in [0.05, 0.1) is 0 Å².